The maximum atomic E-state index is 13.6. The van der Waals surface area contributed by atoms with Gasteiger partial charge in [0.25, 0.3) is 0 Å². The Balaban J connectivity index is 1.91. The highest BCUT2D eigenvalue weighted by Crippen LogP contribution is 2.29. The number of rotatable bonds is 3. The fraction of sp³-hybridized carbons (Fsp3) is 0.300. The van der Waals surface area contributed by atoms with E-state index in [9.17, 15) is 9.50 Å². The van der Waals surface area contributed by atoms with Gasteiger partial charge >= 0.3 is 0 Å². The van der Waals surface area contributed by atoms with Crippen molar-refractivity contribution in [3.63, 3.8) is 0 Å². The minimum absolute atomic E-state index is 0.392. The van der Waals surface area contributed by atoms with Crippen molar-refractivity contribution < 1.29 is 14.2 Å². The van der Waals surface area contributed by atoms with E-state index in [2.05, 4.69) is 16.7 Å². The minimum atomic E-state index is -1.53. The van der Waals surface area contributed by atoms with Crippen molar-refractivity contribution in [2.45, 2.75) is 5.60 Å². The number of aliphatic hydroxyl groups is 1. The van der Waals surface area contributed by atoms with Gasteiger partial charge in [0.1, 0.15) is 5.82 Å². The van der Waals surface area contributed by atoms with E-state index in [4.69, 9.17) is 4.74 Å². The molecule has 1 atom stereocenters. The van der Waals surface area contributed by atoms with Crippen LogP contribution in [0.1, 0.15) is 11.1 Å². The summed E-state index contributed by atoms with van der Waals surface area (Å²) in [5, 5.41) is 11.2. The summed E-state index contributed by atoms with van der Waals surface area (Å²) in [4.78, 5) is 2.17. The zero-order valence-electron chi connectivity index (χ0n) is 13.4. The predicted molar refractivity (Wildman–Crippen MR) is 90.9 cm³/mol. The van der Waals surface area contributed by atoms with E-state index in [0.717, 1.165) is 13.1 Å². The Kier molecular flexibility index (Phi) is 5.27. The molecule has 1 N–H and O–H groups in total. The van der Waals surface area contributed by atoms with Crippen LogP contribution in [0, 0.1) is 17.7 Å². The molecule has 2 aromatic rings. The number of nitrogens with zero attached hydrogens (tertiary/aromatic N) is 1. The summed E-state index contributed by atoms with van der Waals surface area (Å²) in [6.07, 6.45) is 0. The molecule has 0 aliphatic carbocycles. The summed E-state index contributed by atoms with van der Waals surface area (Å²) in [7, 11) is 0. The largest absolute Gasteiger partial charge is 0.379 e. The molecule has 3 nitrogen and oxygen atoms in total. The molecule has 3 rings (SSSR count). The van der Waals surface area contributed by atoms with Crippen LogP contribution in [0.25, 0.3) is 0 Å². The summed E-state index contributed by atoms with van der Waals surface area (Å²) in [5.41, 5.74) is -0.469. The van der Waals surface area contributed by atoms with Crippen molar-refractivity contribution in [3.8, 4) is 11.8 Å². The zero-order valence-corrected chi connectivity index (χ0v) is 13.4. The first-order valence-corrected chi connectivity index (χ1v) is 8.02. The van der Waals surface area contributed by atoms with Crippen LogP contribution >= 0.6 is 0 Å². The maximum Gasteiger partial charge on any atom is 0.177 e. The average molecular weight is 325 g/mol. The summed E-state index contributed by atoms with van der Waals surface area (Å²) in [6, 6.07) is 15.1. The normalized spacial score (nSPS) is 17.6. The van der Waals surface area contributed by atoms with Crippen LogP contribution in [-0.4, -0.2) is 42.9 Å². The third kappa shape index (κ3) is 3.82. The monoisotopic (exact) mass is 325 g/mol. The van der Waals surface area contributed by atoms with Crippen molar-refractivity contribution in [2.24, 2.45) is 0 Å². The van der Waals surface area contributed by atoms with Gasteiger partial charge in [-0.15, -0.1) is 0 Å². The second-order valence-corrected chi connectivity index (χ2v) is 5.78. The van der Waals surface area contributed by atoms with Gasteiger partial charge in [-0.25, -0.2) is 4.39 Å². The van der Waals surface area contributed by atoms with Crippen LogP contribution in [0.15, 0.2) is 54.6 Å². The average Bonchev–Trinajstić information content (AvgIpc) is 2.63. The van der Waals surface area contributed by atoms with Crippen molar-refractivity contribution >= 4 is 0 Å². The number of hydrogen-bond acceptors (Lipinski definition) is 3. The molecule has 1 heterocycles. The molecule has 1 aliphatic rings. The molecule has 0 radical (unpaired) electrons. The molecule has 0 spiro atoms. The van der Waals surface area contributed by atoms with Gasteiger partial charge in [-0.3, -0.25) is 4.90 Å². The van der Waals surface area contributed by atoms with Crippen LogP contribution in [0.5, 0.6) is 0 Å². The van der Waals surface area contributed by atoms with Crippen LogP contribution in [0.4, 0.5) is 4.39 Å². The fourth-order valence-corrected chi connectivity index (χ4v) is 2.74. The van der Waals surface area contributed by atoms with Crippen LogP contribution < -0.4 is 0 Å². The molecule has 1 fully saturated rings. The molecule has 2 aromatic carbocycles. The topological polar surface area (TPSA) is 32.7 Å². The number of morpholine rings is 1. The quantitative estimate of drug-likeness (QED) is 0.880. The minimum Gasteiger partial charge on any atom is -0.379 e. The van der Waals surface area contributed by atoms with Gasteiger partial charge in [0, 0.05) is 24.2 Å². The SMILES string of the molecule is OC(C#CCN1CCOCC1)(c1ccccc1)c1cccc(F)c1. The fourth-order valence-electron chi connectivity index (χ4n) is 2.74. The van der Waals surface area contributed by atoms with E-state index < -0.39 is 11.4 Å². The lowest BCUT2D eigenvalue weighted by Gasteiger charge is -2.25. The molecule has 1 saturated heterocycles. The third-order valence-corrected chi connectivity index (χ3v) is 4.11. The summed E-state index contributed by atoms with van der Waals surface area (Å²) >= 11 is 0. The Morgan fingerprint density at radius 2 is 1.75 bits per heavy atom. The smallest absolute Gasteiger partial charge is 0.177 e. The van der Waals surface area contributed by atoms with E-state index >= 15 is 0 Å². The molecule has 0 saturated carbocycles. The molecule has 1 aliphatic heterocycles. The van der Waals surface area contributed by atoms with Crippen molar-refractivity contribution in [3.05, 3.63) is 71.5 Å². The molecule has 0 amide bonds. The van der Waals surface area contributed by atoms with Gasteiger partial charge in [0.2, 0.25) is 0 Å². The second-order valence-electron chi connectivity index (χ2n) is 5.78. The van der Waals surface area contributed by atoms with E-state index in [-0.39, 0.29) is 0 Å². The number of ether oxygens (including phenoxy) is 1. The molecular formula is C20H20FNO2. The Hall–Kier alpha value is -2.19. The van der Waals surface area contributed by atoms with E-state index in [0.29, 0.717) is 30.9 Å². The summed E-state index contributed by atoms with van der Waals surface area (Å²) < 4.78 is 19.0. The van der Waals surface area contributed by atoms with Gasteiger partial charge in [-0.05, 0) is 12.1 Å². The summed E-state index contributed by atoms with van der Waals surface area (Å²) in [6.45, 7) is 3.62. The lowest BCUT2D eigenvalue weighted by molar-refractivity contribution is 0.0442. The molecule has 0 bridgehead atoms. The maximum absolute atomic E-state index is 13.6. The molecule has 24 heavy (non-hydrogen) atoms. The lowest BCUT2D eigenvalue weighted by Crippen LogP contribution is -2.36. The Labute approximate surface area is 141 Å². The van der Waals surface area contributed by atoms with Gasteiger partial charge in [0.15, 0.2) is 5.60 Å². The van der Waals surface area contributed by atoms with Crippen LogP contribution in [-0.2, 0) is 10.3 Å². The van der Waals surface area contributed by atoms with E-state index in [1.54, 1.807) is 24.3 Å². The van der Waals surface area contributed by atoms with Crippen molar-refractivity contribution in [1.29, 1.82) is 0 Å². The zero-order chi connectivity index (χ0) is 16.8. The van der Waals surface area contributed by atoms with Crippen molar-refractivity contribution in [2.75, 3.05) is 32.8 Å². The first-order chi connectivity index (χ1) is 11.7. The number of halogens is 1. The molecule has 0 aromatic heterocycles. The number of benzene rings is 2. The Morgan fingerprint density at radius 1 is 1.04 bits per heavy atom. The lowest BCUT2D eigenvalue weighted by atomic mass is 9.87. The van der Waals surface area contributed by atoms with Gasteiger partial charge in [-0.1, -0.05) is 54.3 Å². The highest BCUT2D eigenvalue weighted by atomic mass is 19.1. The molecule has 4 heteroatoms. The van der Waals surface area contributed by atoms with Gasteiger partial charge < -0.3 is 9.84 Å². The standard InChI is InChI=1S/C20H20FNO2/c21-19-9-4-8-18(16-19)20(23,17-6-2-1-3-7-17)10-5-11-22-12-14-24-15-13-22/h1-4,6-9,16,23H,11-15H2. The highest BCUT2D eigenvalue weighted by Gasteiger charge is 2.29. The Morgan fingerprint density at radius 3 is 2.46 bits per heavy atom. The highest BCUT2D eigenvalue weighted by molar-refractivity contribution is 5.44. The van der Waals surface area contributed by atoms with Crippen molar-refractivity contribution in [1.82, 2.24) is 4.90 Å². The first-order valence-electron chi connectivity index (χ1n) is 8.02. The van der Waals surface area contributed by atoms with Crippen LogP contribution in [0.2, 0.25) is 0 Å². The molecule has 124 valence electrons. The van der Waals surface area contributed by atoms with E-state index in [1.807, 2.05) is 18.2 Å². The van der Waals surface area contributed by atoms with Crippen LogP contribution in [0.3, 0.4) is 0 Å². The summed E-state index contributed by atoms with van der Waals surface area (Å²) in [5.74, 6) is 5.63. The van der Waals surface area contributed by atoms with Gasteiger partial charge in [-0.2, -0.15) is 0 Å². The molecular weight excluding hydrogens is 305 g/mol. The molecule has 1 unspecified atom stereocenters. The Bertz CT molecular complexity index is 732. The predicted octanol–water partition coefficient (Wildman–Crippen LogP) is 2.40. The first kappa shape index (κ1) is 16.7. The second kappa shape index (κ2) is 7.59. The van der Waals surface area contributed by atoms with E-state index in [1.165, 1.54) is 12.1 Å². The number of hydrogen-bond donors (Lipinski definition) is 1. The third-order valence-electron chi connectivity index (χ3n) is 4.11. The van der Waals surface area contributed by atoms with Gasteiger partial charge in [0.05, 0.1) is 19.8 Å².